The molecule has 10 radical (unpaired) electrons. The van der Waals surface area contributed by atoms with E-state index in [0.29, 0.717) is 19.5 Å². The van der Waals surface area contributed by atoms with Crippen LogP contribution in [0, 0.1) is 0 Å². The van der Waals surface area contributed by atoms with E-state index < -0.39 is 0 Å². The van der Waals surface area contributed by atoms with Crippen molar-refractivity contribution >= 4 is 40.5 Å². The van der Waals surface area contributed by atoms with Gasteiger partial charge < -0.3 is 8.23 Å². The molecular formula is C4H6O2Si4. The van der Waals surface area contributed by atoms with Crippen LogP contribution in [0.5, 0.6) is 0 Å². The Bertz CT molecular complexity index is 67.7. The molecule has 0 aliphatic carbocycles. The minimum Gasteiger partial charge on any atom is -0.454 e. The van der Waals surface area contributed by atoms with E-state index >= 15 is 0 Å². The molecule has 0 aliphatic heterocycles. The SMILES string of the molecule is C=C[Si]O[Si].C=C[Si]O[Si]. The van der Waals surface area contributed by atoms with Gasteiger partial charge in [-0.15, -0.1) is 13.2 Å². The van der Waals surface area contributed by atoms with Gasteiger partial charge in [0.1, 0.15) is 0 Å². The van der Waals surface area contributed by atoms with Gasteiger partial charge in [-0.05, 0) is 0 Å². The van der Waals surface area contributed by atoms with E-state index in [1.807, 2.05) is 0 Å². The van der Waals surface area contributed by atoms with Crippen molar-refractivity contribution in [2.45, 2.75) is 0 Å². The third-order valence-corrected chi connectivity index (χ3v) is 1.56. The van der Waals surface area contributed by atoms with Crippen LogP contribution in [-0.2, 0) is 8.23 Å². The summed E-state index contributed by atoms with van der Waals surface area (Å²) < 4.78 is 8.81. The zero-order valence-corrected chi connectivity index (χ0v) is 9.39. The first-order valence-corrected chi connectivity index (χ1v) is 5.00. The summed E-state index contributed by atoms with van der Waals surface area (Å²) >= 11 is 0. The highest BCUT2D eigenvalue weighted by molar-refractivity contribution is 6.40. The molecular weight excluding hydrogens is 192 g/mol. The molecule has 0 aliphatic rings. The summed E-state index contributed by atoms with van der Waals surface area (Å²) in [5, 5.41) is 0. The van der Waals surface area contributed by atoms with Crippen molar-refractivity contribution in [1.29, 1.82) is 0 Å². The Hall–Kier alpha value is 0.268. The summed E-state index contributed by atoms with van der Waals surface area (Å²) in [6, 6.07) is 0. The van der Waals surface area contributed by atoms with Crippen molar-refractivity contribution in [3.8, 4) is 0 Å². The van der Waals surface area contributed by atoms with E-state index in [4.69, 9.17) is 0 Å². The summed E-state index contributed by atoms with van der Waals surface area (Å²) in [7, 11) is 6.33. The Labute approximate surface area is 73.7 Å². The lowest BCUT2D eigenvalue weighted by atomic mass is 11.3. The molecule has 0 bridgehead atoms. The van der Waals surface area contributed by atoms with Gasteiger partial charge >= 0.3 is 0 Å². The zero-order valence-electron chi connectivity index (χ0n) is 5.39. The molecule has 0 aromatic rings. The molecule has 0 heterocycles. The Kier molecular flexibility index (Phi) is 20.8. The third-order valence-electron chi connectivity index (χ3n) is 0.285. The zero-order chi connectivity index (χ0) is 8.24. The van der Waals surface area contributed by atoms with Crippen LogP contribution in [0.15, 0.2) is 24.6 Å². The smallest absolute Gasteiger partial charge is 0.247 e. The molecule has 0 rings (SSSR count). The van der Waals surface area contributed by atoms with Crippen LogP contribution in [0.1, 0.15) is 0 Å². The maximum Gasteiger partial charge on any atom is 0.247 e. The molecule has 6 heteroatoms. The number of hydrogen-bond acceptors (Lipinski definition) is 2. The number of rotatable bonds is 4. The van der Waals surface area contributed by atoms with Gasteiger partial charge in [0.2, 0.25) is 40.5 Å². The highest BCUT2D eigenvalue weighted by Gasteiger charge is 1.66. The number of hydrogen-bond donors (Lipinski definition) is 0. The summed E-state index contributed by atoms with van der Waals surface area (Å²) in [4.78, 5) is 0. The highest BCUT2D eigenvalue weighted by Crippen LogP contribution is 1.54. The molecule has 0 aromatic heterocycles. The second-order valence-corrected chi connectivity index (χ2v) is 3.77. The first-order valence-electron chi connectivity index (χ1n) is 2.21. The van der Waals surface area contributed by atoms with E-state index in [1.54, 1.807) is 11.4 Å². The van der Waals surface area contributed by atoms with Gasteiger partial charge in [-0.25, -0.2) is 0 Å². The molecule has 0 amide bonds. The summed E-state index contributed by atoms with van der Waals surface area (Å²) in [6.45, 7) is 6.81. The van der Waals surface area contributed by atoms with Gasteiger partial charge in [0.05, 0.1) is 0 Å². The Morgan fingerprint density at radius 2 is 1.30 bits per heavy atom. The lowest BCUT2D eigenvalue weighted by molar-refractivity contribution is 0.675. The molecule has 0 atom stereocenters. The standard InChI is InChI=1S/2C2H3OSi2/c2*1-2-5-3-4/h2*2H,1H2. The van der Waals surface area contributed by atoms with Crippen LogP contribution in [0.3, 0.4) is 0 Å². The van der Waals surface area contributed by atoms with E-state index in [2.05, 4.69) is 42.4 Å². The fourth-order valence-electron chi connectivity index (χ4n) is 0.0833. The molecule has 10 heavy (non-hydrogen) atoms. The predicted molar refractivity (Wildman–Crippen MR) is 45.6 cm³/mol. The Balaban J connectivity index is 0. The van der Waals surface area contributed by atoms with Gasteiger partial charge in [-0.1, -0.05) is 11.4 Å². The second kappa shape index (κ2) is 16.1. The van der Waals surface area contributed by atoms with Crippen LogP contribution in [0.2, 0.25) is 0 Å². The quantitative estimate of drug-likeness (QED) is 0.578. The molecule has 0 N–H and O–H groups in total. The lowest BCUT2D eigenvalue weighted by Crippen LogP contribution is -1.85. The van der Waals surface area contributed by atoms with Crippen molar-refractivity contribution < 1.29 is 8.23 Å². The Morgan fingerprint density at radius 3 is 1.30 bits per heavy atom. The molecule has 0 spiro atoms. The van der Waals surface area contributed by atoms with Gasteiger partial charge in [-0.2, -0.15) is 0 Å². The normalized spacial score (nSPS) is 7.40. The van der Waals surface area contributed by atoms with Crippen molar-refractivity contribution in [3.63, 3.8) is 0 Å². The second-order valence-electron chi connectivity index (χ2n) is 0.848. The summed E-state index contributed by atoms with van der Waals surface area (Å²) in [5.74, 6) is 0. The van der Waals surface area contributed by atoms with Crippen LogP contribution >= 0.6 is 0 Å². The largest absolute Gasteiger partial charge is 0.454 e. The van der Waals surface area contributed by atoms with E-state index in [1.165, 1.54) is 0 Å². The van der Waals surface area contributed by atoms with Gasteiger partial charge in [-0.3, -0.25) is 0 Å². The fourth-order valence-corrected chi connectivity index (χ4v) is 0.750. The van der Waals surface area contributed by atoms with Crippen LogP contribution in [0.4, 0.5) is 0 Å². The van der Waals surface area contributed by atoms with Gasteiger partial charge in [0.15, 0.2) is 0 Å². The predicted octanol–water partition coefficient (Wildman–Crippen LogP) is -0.302. The molecule has 0 aromatic carbocycles. The summed E-state index contributed by atoms with van der Waals surface area (Å²) in [6.07, 6.45) is 0. The van der Waals surface area contributed by atoms with Crippen LogP contribution in [-0.4, -0.2) is 40.5 Å². The van der Waals surface area contributed by atoms with Crippen molar-refractivity contribution in [1.82, 2.24) is 0 Å². The first kappa shape index (κ1) is 12.9. The van der Waals surface area contributed by atoms with E-state index in [9.17, 15) is 0 Å². The maximum atomic E-state index is 4.41. The van der Waals surface area contributed by atoms with Crippen LogP contribution < -0.4 is 0 Å². The van der Waals surface area contributed by atoms with Gasteiger partial charge in [0.25, 0.3) is 0 Å². The molecule has 0 saturated carbocycles. The molecule has 0 fully saturated rings. The third kappa shape index (κ3) is 24.0. The van der Waals surface area contributed by atoms with Crippen LogP contribution in [0.25, 0.3) is 0 Å². The maximum absolute atomic E-state index is 4.41. The average molecular weight is 198 g/mol. The lowest BCUT2D eigenvalue weighted by Gasteiger charge is -1.75. The summed E-state index contributed by atoms with van der Waals surface area (Å²) in [5.41, 5.74) is 3.38. The average Bonchev–Trinajstić information content (AvgIpc) is 1.93. The van der Waals surface area contributed by atoms with Crippen molar-refractivity contribution in [3.05, 3.63) is 24.6 Å². The van der Waals surface area contributed by atoms with E-state index in [-0.39, 0.29) is 0 Å². The fraction of sp³-hybridized carbons (Fsp3) is 0. The highest BCUT2D eigenvalue weighted by atomic mass is 28.3. The van der Waals surface area contributed by atoms with Gasteiger partial charge in [0, 0.05) is 0 Å². The van der Waals surface area contributed by atoms with Crippen molar-refractivity contribution in [2.24, 2.45) is 0 Å². The minimum atomic E-state index is 0.375. The minimum absolute atomic E-state index is 0.375. The van der Waals surface area contributed by atoms with E-state index in [0.717, 1.165) is 0 Å². The topological polar surface area (TPSA) is 18.5 Å². The van der Waals surface area contributed by atoms with Crippen molar-refractivity contribution in [2.75, 3.05) is 0 Å². The molecule has 50 valence electrons. The molecule has 0 saturated heterocycles. The monoisotopic (exact) mass is 198 g/mol. The first-order chi connectivity index (χ1) is 4.83. The molecule has 2 nitrogen and oxygen atoms in total. The Morgan fingerprint density at radius 1 is 1.00 bits per heavy atom. The molecule has 0 unspecified atom stereocenters.